The maximum Gasteiger partial charge on any atom is 0.142 e. The largest absolute Gasteiger partial charge is 0.299 e. The normalized spacial score (nSPS) is 51.7. The highest BCUT2D eigenvalue weighted by Crippen LogP contribution is 2.64. The number of fused-ring (bicyclic) bond motifs is 4. The minimum atomic E-state index is 0.0629. The molecule has 21 heavy (non-hydrogen) atoms. The first kappa shape index (κ1) is 12.9. The predicted octanol–water partition coefficient (Wildman–Crippen LogP) is 4.91. The van der Waals surface area contributed by atoms with Gasteiger partial charge in [-0.1, -0.05) is 18.1 Å². The lowest BCUT2D eigenvalue weighted by Gasteiger charge is -2.52. The minimum absolute atomic E-state index is 0.0629. The molecular formula is C20H28O. The molecule has 4 bridgehead atoms. The summed E-state index contributed by atoms with van der Waals surface area (Å²) < 4.78 is 0. The van der Waals surface area contributed by atoms with Crippen LogP contribution in [0.25, 0.3) is 0 Å². The van der Waals surface area contributed by atoms with Crippen molar-refractivity contribution in [3.63, 3.8) is 0 Å². The second kappa shape index (κ2) is 4.24. The quantitative estimate of drug-likeness (QED) is 0.578. The molecule has 0 amide bonds. The van der Waals surface area contributed by atoms with E-state index in [1.165, 1.54) is 64.2 Å². The van der Waals surface area contributed by atoms with Crippen molar-refractivity contribution in [2.75, 3.05) is 0 Å². The van der Waals surface area contributed by atoms with Crippen LogP contribution in [-0.2, 0) is 4.79 Å². The van der Waals surface area contributed by atoms with Crippen molar-refractivity contribution in [1.29, 1.82) is 0 Å². The molecule has 1 heteroatoms. The lowest BCUT2D eigenvalue weighted by molar-refractivity contribution is -0.132. The van der Waals surface area contributed by atoms with E-state index in [0.717, 1.165) is 23.7 Å². The molecule has 5 aliphatic rings. The van der Waals surface area contributed by atoms with Crippen molar-refractivity contribution < 1.29 is 4.79 Å². The highest BCUT2D eigenvalue weighted by atomic mass is 16.1. The first-order valence-electron chi connectivity index (χ1n) is 9.44. The Hall–Kier alpha value is -0.590. The molecule has 0 radical (unpaired) electrons. The fraction of sp³-hybridized carbons (Fsp3) is 0.850. The van der Waals surface area contributed by atoms with Crippen molar-refractivity contribution >= 4 is 5.78 Å². The minimum Gasteiger partial charge on any atom is -0.299 e. The molecule has 0 heterocycles. The number of ketones is 1. The van der Waals surface area contributed by atoms with Gasteiger partial charge in [-0.2, -0.15) is 0 Å². The summed E-state index contributed by atoms with van der Waals surface area (Å²) in [5.41, 5.74) is 3.86. The van der Waals surface area contributed by atoms with Crippen LogP contribution in [-0.4, -0.2) is 5.78 Å². The fourth-order valence-electron chi connectivity index (χ4n) is 7.25. The van der Waals surface area contributed by atoms with Gasteiger partial charge in [-0.05, 0) is 87.9 Å². The average molecular weight is 284 g/mol. The number of carbonyl (C=O) groups is 1. The van der Waals surface area contributed by atoms with E-state index in [2.05, 4.69) is 6.92 Å². The zero-order valence-electron chi connectivity index (χ0n) is 13.4. The lowest BCUT2D eigenvalue weighted by atomic mass is 9.52. The van der Waals surface area contributed by atoms with E-state index in [9.17, 15) is 4.79 Å². The Kier molecular flexibility index (Phi) is 2.60. The first-order valence-corrected chi connectivity index (χ1v) is 9.44. The van der Waals surface area contributed by atoms with Crippen LogP contribution in [0.4, 0.5) is 0 Å². The zero-order valence-corrected chi connectivity index (χ0v) is 13.4. The predicted molar refractivity (Wildman–Crippen MR) is 83.8 cm³/mol. The number of Topliss-reactive ketones (excluding diaryl/α,β-unsaturated/α-hetero) is 1. The Morgan fingerprint density at radius 3 is 2.57 bits per heavy atom. The second-order valence-electron chi connectivity index (χ2n) is 8.90. The SMILES string of the molecule is C[C@]12CC[C@@H]3C4=C(CCCC4)C4CCC(CC1C3C4)C2=O. The highest BCUT2D eigenvalue weighted by Gasteiger charge is 2.59. The number of rotatable bonds is 0. The van der Waals surface area contributed by atoms with Crippen molar-refractivity contribution in [2.45, 2.75) is 71.1 Å². The number of hydrogen-bond donors (Lipinski definition) is 0. The molecule has 0 aliphatic heterocycles. The van der Waals surface area contributed by atoms with E-state index >= 15 is 0 Å². The maximum atomic E-state index is 13.0. The zero-order chi connectivity index (χ0) is 14.2. The van der Waals surface area contributed by atoms with Gasteiger partial charge in [0.25, 0.3) is 0 Å². The van der Waals surface area contributed by atoms with Crippen molar-refractivity contribution in [1.82, 2.24) is 0 Å². The summed E-state index contributed by atoms with van der Waals surface area (Å²) in [6, 6.07) is 0. The van der Waals surface area contributed by atoms with E-state index in [4.69, 9.17) is 0 Å². The molecule has 1 nitrogen and oxygen atoms in total. The van der Waals surface area contributed by atoms with Gasteiger partial charge in [0.05, 0.1) is 0 Å². The molecule has 0 aromatic rings. The van der Waals surface area contributed by atoms with E-state index < -0.39 is 0 Å². The molecule has 3 fully saturated rings. The number of allylic oxidation sites excluding steroid dienone is 2. The Bertz CT molecular complexity index is 530. The molecule has 0 saturated heterocycles. The van der Waals surface area contributed by atoms with Crippen LogP contribution >= 0.6 is 0 Å². The molecule has 0 aromatic heterocycles. The van der Waals surface area contributed by atoms with E-state index in [1.807, 2.05) is 11.1 Å². The molecule has 0 aromatic carbocycles. The summed E-state index contributed by atoms with van der Waals surface area (Å²) in [5.74, 6) is 4.41. The van der Waals surface area contributed by atoms with Crippen LogP contribution in [0, 0.1) is 35.0 Å². The Balaban J connectivity index is 1.64. The van der Waals surface area contributed by atoms with Crippen LogP contribution in [0.15, 0.2) is 11.1 Å². The third kappa shape index (κ3) is 1.56. The van der Waals surface area contributed by atoms with Gasteiger partial charge in [0.2, 0.25) is 0 Å². The Morgan fingerprint density at radius 1 is 0.952 bits per heavy atom. The standard InChI is InChI=1S/C20H28O/c1-20-9-8-16-15-5-3-2-4-14(15)12-6-7-13(19(20)21)11-18(20)17(16)10-12/h12-13,16-18H,2-11H2,1H3/t12?,13?,16-,17?,18?,20+/m1/s1. The molecule has 114 valence electrons. The van der Waals surface area contributed by atoms with Gasteiger partial charge in [-0.25, -0.2) is 0 Å². The van der Waals surface area contributed by atoms with E-state index in [-0.39, 0.29) is 5.41 Å². The molecule has 6 atom stereocenters. The maximum absolute atomic E-state index is 13.0. The Labute approximate surface area is 128 Å². The molecule has 0 spiro atoms. The third-order valence-electron chi connectivity index (χ3n) is 8.21. The Morgan fingerprint density at radius 2 is 1.71 bits per heavy atom. The van der Waals surface area contributed by atoms with E-state index in [0.29, 0.717) is 11.7 Å². The van der Waals surface area contributed by atoms with Crippen molar-refractivity contribution in [3.8, 4) is 0 Å². The molecule has 0 N–H and O–H groups in total. The lowest BCUT2D eigenvalue weighted by Crippen LogP contribution is -2.45. The topological polar surface area (TPSA) is 17.1 Å². The monoisotopic (exact) mass is 284 g/mol. The van der Waals surface area contributed by atoms with Gasteiger partial charge in [-0.3, -0.25) is 4.79 Å². The molecular weight excluding hydrogens is 256 g/mol. The van der Waals surface area contributed by atoms with Gasteiger partial charge < -0.3 is 0 Å². The molecule has 4 unspecified atom stereocenters. The molecule has 3 saturated carbocycles. The average Bonchev–Trinajstić information content (AvgIpc) is 2.75. The van der Waals surface area contributed by atoms with Crippen LogP contribution in [0.3, 0.4) is 0 Å². The summed E-state index contributed by atoms with van der Waals surface area (Å²) in [6.45, 7) is 2.33. The summed E-state index contributed by atoms with van der Waals surface area (Å²) in [4.78, 5) is 13.0. The smallest absolute Gasteiger partial charge is 0.142 e. The summed E-state index contributed by atoms with van der Waals surface area (Å²) in [6.07, 6.45) is 13.4. The first-order chi connectivity index (χ1) is 10.2. The van der Waals surface area contributed by atoms with Crippen LogP contribution in [0.2, 0.25) is 0 Å². The third-order valence-corrected chi connectivity index (χ3v) is 8.21. The van der Waals surface area contributed by atoms with Crippen molar-refractivity contribution in [2.24, 2.45) is 35.0 Å². The van der Waals surface area contributed by atoms with Gasteiger partial charge in [-0.15, -0.1) is 0 Å². The van der Waals surface area contributed by atoms with Crippen LogP contribution < -0.4 is 0 Å². The van der Waals surface area contributed by atoms with Gasteiger partial charge in [0.1, 0.15) is 5.78 Å². The summed E-state index contributed by atoms with van der Waals surface area (Å²) in [5, 5.41) is 0. The van der Waals surface area contributed by atoms with Crippen molar-refractivity contribution in [3.05, 3.63) is 11.1 Å². The van der Waals surface area contributed by atoms with Gasteiger partial charge in [0.15, 0.2) is 0 Å². The second-order valence-corrected chi connectivity index (χ2v) is 8.90. The van der Waals surface area contributed by atoms with Gasteiger partial charge >= 0.3 is 0 Å². The molecule has 5 rings (SSSR count). The summed E-state index contributed by atoms with van der Waals surface area (Å²) >= 11 is 0. The van der Waals surface area contributed by atoms with Gasteiger partial charge in [0, 0.05) is 11.3 Å². The highest BCUT2D eigenvalue weighted by molar-refractivity contribution is 5.89. The van der Waals surface area contributed by atoms with Crippen LogP contribution in [0.5, 0.6) is 0 Å². The fourth-order valence-corrected chi connectivity index (χ4v) is 7.25. The number of hydrogen-bond acceptors (Lipinski definition) is 1. The van der Waals surface area contributed by atoms with Crippen LogP contribution in [0.1, 0.15) is 71.1 Å². The van der Waals surface area contributed by atoms with E-state index in [1.54, 1.807) is 0 Å². The summed E-state index contributed by atoms with van der Waals surface area (Å²) in [7, 11) is 0. The number of carbonyl (C=O) groups excluding carboxylic acids is 1. The molecule has 5 aliphatic carbocycles.